The van der Waals surface area contributed by atoms with Crippen molar-refractivity contribution < 1.29 is 18.7 Å². The second kappa shape index (κ2) is 10.3. The van der Waals surface area contributed by atoms with Crippen LogP contribution in [0.25, 0.3) is 11.1 Å². The summed E-state index contributed by atoms with van der Waals surface area (Å²) in [5.41, 5.74) is 4.66. The summed E-state index contributed by atoms with van der Waals surface area (Å²) < 4.78 is 16.0. The third-order valence-corrected chi connectivity index (χ3v) is 7.91. The van der Waals surface area contributed by atoms with E-state index in [-0.39, 0.29) is 5.97 Å². The van der Waals surface area contributed by atoms with Crippen LogP contribution in [0.1, 0.15) is 56.0 Å². The second-order valence-electron chi connectivity index (χ2n) is 8.05. The van der Waals surface area contributed by atoms with Crippen molar-refractivity contribution >= 4 is 17.7 Å². The zero-order valence-electron chi connectivity index (χ0n) is 18.6. The fourth-order valence-corrected chi connectivity index (χ4v) is 5.75. The van der Waals surface area contributed by atoms with Crippen molar-refractivity contribution in [1.82, 2.24) is 0 Å². The van der Waals surface area contributed by atoms with Gasteiger partial charge in [-0.05, 0) is 56.6 Å². The summed E-state index contributed by atoms with van der Waals surface area (Å²) in [4.78, 5) is 12.7. The second-order valence-corrected chi connectivity index (χ2v) is 9.28. The van der Waals surface area contributed by atoms with E-state index in [4.69, 9.17) is 13.9 Å². The van der Waals surface area contributed by atoms with Crippen molar-refractivity contribution in [2.45, 2.75) is 51.0 Å². The molecule has 0 bridgehead atoms. The smallest absolute Gasteiger partial charge is 0.341 e. The molecule has 162 valence electrons. The molecular formula is C25H32O4S. The van der Waals surface area contributed by atoms with Crippen LogP contribution in [-0.2, 0) is 10.5 Å². The van der Waals surface area contributed by atoms with Crippen molar-refractivity contribution in [2.75, 3.05) is 14.2 Å². The van der Waals surface area contributed by atoms with E-state index < -0.39 is 0 Å². The zero-order chi connectivity index (χ0) is 21.7. The SMILES string of the molecule is C/C=C(/C)C1CCC(C)C(SCc2ccc(-c3ccoc3)c(OC)c2C(=O)OC)C1. The molecule has 1 aliphatic carbocycles. The highest BCUT2D eigenvalue weighted by Crippen LogP contribution is 2.42. The van der Waals surface area contributed by atoms with E-state index in [2.05, 4.69) is 26.8 Å². The normalized spacial score (nSPS) is 22.0. The van der Waals surface area contributed by atoms with Crippen LogP contribution in [0, 0.1) is 11.8 Å². The first-order valence-corrected chi connectivity index (χ1v) is 11.6. The Labute approximate surface area is 184 Å². The number of carbonyl (C=O) groups is 1. The number of hydrogen-bond acceptors (Lipinski definition) is 5. The summed E-state index contributed by atoms with van der Waals surface area (Å²) in [7, 11) is 3.01. The van der Waals surface area contributed by atoms with Gasteiger partial charge in [0, 0.05) is 22.1 Å². The van der Waals surface area contributed by atoms with Crippen LogP contribution < -0.4 is 4.74 Å². The summed E-state index contributed by atoms with van der Waals surface area (Å²) in [5.74, 6) is 2.27. The summed E-state index contributed by atoms with van der Waals surface area (Å²) in [6.45, 7) is 6.73. The fraction of sp³-hybridized carbons (Fsp3) is 0.480. The van der Waals surface area contributed by atoms with Gasteiger partial charge in [0.05, 0.1) is 26.7 Å². The number of hydrogen-bond donors (Lipinski definition) is 0. The Morgan fingerprint density at radius 1 is 1.27 bits per heavy atom. The van der Waals surface area contributed by atoms with Gasteiger partial charge in [0.15, 0.2) is 0 Å². The van der Waals surface area contributed by atoms with Crippen LogP contribution in [0.2, 0.25) is 0 Å². The van der Waals surface area contributed by atoms with Crippen molar-refractivity contribution in [2.24, 2.45) is 11.8 Å². The van der Waals surface area contributed by atoms with E-state index in [9.17, 15) is 4.79 Å². The molecule has 5 heteroatoms. The lowest BCUT2D eigenvalue weighted by molar-refractivity contribution is 0.0596. The first kappa shape index (κ1) is 22.5. The summed E-state index contributed by atoms with van der Waals surface area (Å²) in [5, 5.41) is 0.573. The van der Waals surface area contributed by atoms with Crippen LogP contribution >= 0.6 is 11.8 Å². The molecule has 0 aliphatic heterocycles. The zero-order valence-corrected chi connectivity index (χ0v) is 19.4. The highest BCUT2D eigenvalue weighted by molar-refractivity contribution is 7.99. The molecule has 0 N–H and O–H groups in total. The molecule has 1 fully saturated rings. The van der Waals surface area contributed by atoms with Gasteiger partial charge in [-0.1, -0.05) is 30.7 Å². The molecule has 3 atom stereocenters. The van der Waals surface area contributed by atoms with Gasteiger partial charge in [-0.2, -0.15) is 11.8 Å². The maximum Gasteiger partial charge on any atom is 0.341 e. The lowest BCUT2D eigenvalue weighted by Gasteiger charge is -2.34. The van der Waals surface area contributed by atoms with E-state index in [0.717, 1.165) is 22.4 Å². The molecule has 1 aromatic carbocycles. The number of ether oxygens (including phenoxy) is 2. The molecular weight excluding hydrogens is 396 g/mol. The van der Waals surface area contributed by atoms with E-state index in [1.165, 1.54) is 31.9 Å². The van der Waals surface area contributed by atoms with Crippen LogP contribution in [0.15, 0.2) is 46.8 Å². The first-order chi connectivity index (χ1) is 14.5. The third kappa shape index (κ3) is 4.77. The molecule has 1 aromatic heterocycles. The van der Waals surface area contributed by atoms with Crippen molar-refractivity contribution in [3.63, 3.8) is 0 Å². The van der Waals surface area contributed by atoms with Crippen LogP contribution in [0.3, 0.4) is 0 Å². The van der Waals surface area contributed by atoms with E-state index in [1.54, 1.807) is 19.6 Å². The number of rotatable bonds is 7. The van der Waals surface area contributed by atoms with Gasteiger partial charge in [0.2, 0.25) is 0 Å². The van der Waals surface area contributed by atoms with E-state index in [0.29, 0.717) is 28.4 Å². The molecule has 0 spiro atoms. The Balaban J connectivity index is 1.87. The van der Waals surface area contributed by atoms with Crippen molar-refractivity contribution in [3.05, 3.63) is 53.5 Å². The fourth-order valence-electron chi connectivity index (χ4n) is 4.29. The van der Waals surface area contributed by atoms with Gasteiger partial charge < -0.3 is 13.9 Å². The predicted molar refractivity (Wildman–Crippen MR) is 123 cm³/mol. The molecule has 4 nitrogen and oxygen atoms in total. The van der Waals surface area contributed by atoms with Crippen LogP contribution in [-0.4, -0.2) is 25.4 Å². The van der Waals surface area contributed by atoms with E-state index >= 15 is 0 Å². The number of esters is 1. The van der Waals surface area contributed by atoms with Gasteiger partial charge >= 0.3 is 5.97 Å². The minimum atomic E-state index is -0.368. The quantitative estimate of drug-likeness (QED) is 0.361. The Hall–Kier alpha value is -2.14. The Bertz CT molecular complexity index is 885. The largest absolute Gasteiger partial charge is 0.495 e. The Morgan fingerprint density at radius 2 is 2.07 bits per heavy atom. The number of allylic oxidation sites excluding steroid dienone is 2. The highest BCUT2D eigenvalue weighted by Gasteiger charge is 2.30. The number of benzene rings is 1. The standard InChI is InChI=1S/C25H32O4S/c1-6-16(2)18-8-7-17(3)22(13-18)30-15-20-9-10-21(19-11-12-29-14-19)24(27-4)23(20)25(26)28-5/h6,9-12,14,17-18,22H,7-8,13,15H2,1-5H3/b16-6-. The predicted octanol–water partition coefficient (Wildman–Crippen LogP) is 6.75. The average Bonchev–Trinajstić information content (AvgIpc) is 3.31. The van der Waals surface area contributed by atoms with Gasteiger partial charge in [-0.3, -0.25) is 0 Å². The van der Waals surface area contributed by atoms with Crippen molar-refractivity contribution in [1.29, 1.82) is 0 Å². The van der Waals surface area contributed by atoms with Gasteiger partial charge in [-0.15, -0.1) is 0 Å². The topological polar surface area (TPSA) is 48.7 Å². The number of methoxy groups -OCH3 is 2. The van der Waals surface area contributed by atoms with Crippen LogP contribution in [0.4, 0.5) is 0 Å². The lowest BCUT2D eigenvalue weighted by Crippen LogP contribution is -2.26. The van der Waals surface area contributed by atoms with Gasteiger partial charge in [-0.25, -0.2) is 4.79 Å². The molecule has 0 saturated heterocycles. The van der Waals surface area contributed by atoms with Gasteiger partial charge in [0.1, 0.15) is 11.3 Å². The van der Waals surface area contributed by atoms with E-state index in [1.807, 2.05) is 30.0 Å². The minimum absolute atomic E-state index is 0.368. The Kier molecular flexibility index (Phi) is 7.70. The number of furan rings is 1. The average molecular weight is 429 g/mol. The first-order valence-electron chi connectivity index (χ1n) is 10.5. The number of carbonyl (C=O) groups excluding carboxylic acids is 1. The molecule has 0 amide bonds. The highest BCUT2D eigenvalue weighted by atomic mass is 32.2. The molecule has 3 rings (SSSR count). The summed E-state index contributed by atoms with van der Waals surface area (Å²) in [6, 6.07) is 5.89. The van der Waals surface area contributed by atoms with Crippen molar-refractivity contribution in [3.8, 4) is 16.9 Å². The molecule has 1 heterocycles. The molecule has 0 radical (unpaired) electrons. The van der Waals surface area contributed by atoms with Gasteiger partial charge in [0.25, 0.3) is 0 Å². The third-order valence-electron chi connectivity index (χ3n) is 6.34. The molecule has 3 unspecified atom stereocenters. The molecule has 30 heavy (non-hydrogen) atoms. The van der Waals surface area contributed by atoms with Crippen LogP contribution in [0.5, 0.6) is 5.75 Å². The molecule has 1 saturated carbocycles. The molecule has 1 aliphatic rings. The molecule has 2 aromatic rings. The lowest BCUT2D eigenvalue weighted by atomic mass is 9.79. The maximum atomic E-state index is 12.7. The Morgan fingerprint density at radius 3 is 2.70 bits per heavy atom. The number of thioether (sulfide) groups is 1. The summed E-state index contributed by atoms with van der Waals surface area (Å²) >= 11 is 1.95. The monoisotopic (exact) mass is 428 g/mol. The summed E-state index contributed by atoms with van der Waals surface area (Å²) in [6.07, 6.45) is 9.23. The maximum absolute atomic E-state index is 12.7. The minimum Gasteiger partial charge on any atom is -0.495 e.